The summed E-state index contributed by atoms with van der Waals surface area (Å²) in [7, 11) is -4.12. The van der Waals surface area contributed by atoms with Crippen molar-refractivity contribution in [1.82, 2.24) is 5.32 Å². The molecule has 8 nitrogen and oxygen atoms in total. The molecule has 1 amide bonds. The van der Waals surface area contributed by atoms with Gasteiger partial charge in [-0.2, -0.15) is 8.42 Å². The van der Waals surface area contributed by atoms with Crippen molar-refractivity contribution >= 4 is 22.2 Å². The fraction of sp³-hybridized carbons (Fsp3) is 0.857. The maximum absolute atomic E-state index is 12.2. The third-order valence-electron chi connectivity index (χ3n) is 1.88. The van der Waals surface area contributed by atoms with E-state index in [1.807, 2.05) is 0 Å². The lowest BCUT2D eigenvalue weighted by Crippen LogP contribution is -2.46. The van der Waals surface area contributed by atoms with Crippen LogP contribution in [0.25, 0.3) is 0 Å². The SMILES string of the molecule is [3H]C([3H])(C[C@H](NC(=O)OC(C)(C)C)C(=O)OC(C)(C)C)OS(C)(=O)=O. The minimum atomic E-state index is -4.12. The van der Waals surface area contributed by atoms with Gasteiger partial charge in [-0.1, -0.05) is 0 Å². The average molecular weight is 357 g/mol. The Labute approximate surface area is 140 Å². The van der Waals surface area contributed by atoms with Crippen molar-refractivity contribution in [3.63, 3.8) is 0 Å². The summed E-state index contributed by atoms with van der Waals surface area (Å²) in [5, 5.41) is 2.19. The Hall–Kier alpha value is -1.35. The van der Waals surface area contributed by atoms with Crippen molar-refractivity contribution in [2.24, 2.45) is 0 Å². The van der Waals surface area contributed by atoms with Gasteiger partial charge in [0.05, 0.1) is 15.6 Å². The van der Waals surface area contributed by atoms with E-state index in [1.54, 1.807) is 41.5 Å². The van der Waals surface area contributed by atoms with Crippen LogP contribution in [0.5, 0.6) is 0 Å². The molecule has 0 bridgehead atoms. The molecule has 0 aromatic carbocycles. The van der Waals surface area contributed by atoms with Gasteiger partial charge in [0.25, 0.3) is 10.1 Å². The molecule has 0 heterocycles. The molecule has 0 radical (unpaired) electrons. The summed E-state index contributed by atoms with van der Waals surface area (Å²) in [4.78, 5) is 24.1. The Morgan fingerprint density at radius 1 is 1.09 bits per heavy atom. The molecule has 136 valence electrons. The number of hydrogen-bond donors (Lipinski definition) is 1. The number of rotatable bonds is 6. The molecule has 0 aromatic rings. The molecule has 0 aliphatic rings. The number of ether oxygens (including phenoxy) is 2. The molecule has 0 spiro atoms. The van der Waals surface area contributed by atoms with E-state index in [9.17, 15) is 18.0 Å². The second kappa shape index (κ2) is 7.96. The normalized spacial score (nSPS) is 16.0. The van der Waals surface area contributed by atoms with E-state index in [-0.39, 0.29) is 0 Å². The van der Waals surface area contributed by atoms with E-state index in [2.05, 4.69) is 9.50 Å². The molecule has 9 heteroatoms. The molecular formula is C14H27NO7S. The van der Waals surface area contributed by atoms with E-state index in [0.29, 0.717) is 6.26 Å². The summed E-state index contributed by atoms with van der Waals surface area (Å²) in [6.07, 6.45) is -1.08. The van der Waals surface area contributed by atoms with Crippen molar-refractivity contribution in [2.45, 2.75) is 65.2 Å². The van der Waals surface area contributed by atoms with Crippen LogP contribution in [-0.4, -0.2) is 50.5 Å². The lowest BCUT2D eigenvalue weighted by Gasteiger charge is -2.26. The highest BCUT2D eigenvalue weighted by Crippen LogP contribution is 2.12. The highest BCUT2D eigenvalue weighted by molar-refractivity contribution is 7.85. The lowest BCUT2D eigenvalue weighted by molar-refractivity contribution is -0.157. The van der Waals surface area contributed by atoms with Gasteiger partial charge in [0.15, 0.2) is 0 Å². The van der Waals surface area contributed by atoms with Gasteiger partial charge >= 0.3 is 12.1 Å². The van der Waals surface area contributed by atoms with Gasteiger partial charge in [-0.25, -0.2) is 9.59 Å². The van der Waals surface area contributed by atoms with E-state index in [1.165, 1.54) is 0 Å². The van der Waals surface area contributed by atoms with E-state index >= 15 is 0 Å². The number of carbonyl (C=O) groups is 2. The van der Waals surface area contributed by atoms with Gasteiger partial charge in [0.1, 0.15) is 17.2 Å². The molecule has 0 saturated carbocycles. The largest absolute Gasteiger partial charge is 0.458 e. The summed E-state index contributed by atoms with van der Waals surface area (Å²) in [6, 6.07) is -1.51. The van der Waals surface area contributed by atoms with E-state index in [0.717, 1.165) is 0 Å². The Kier molecular flexibility index (Phi) is 6.23. The smallest absolute Gasteiger partial charge is 0.408 e. The summed E-state index contributed by atoms with van der Waals surface area (Å²) in [6.45, 7) is 6.89. The van der Waals surface area contributed by atoms with E-state index in [4.69, 9.17) is 12.2 Å². The van der Waals surface area contributed by atoms with Crippen LogP contribution in [0.4, 0.5) is 4.79 Å². The highest BCUT2D eigenvalue weighted by atomic mass is 32.2. The van der Waals surface area contributed by atoms with Gasteiger partial charge in [-0.05, 0) is 41.5 Å². The molecule has 0 unspecified atom stereocenters. The second-order valence-electron chi connectivity index (χ2n) is 6.87. The van der Waals surface area contributed by atoms with Crippen LogP contribution in [0, 0.1) is 0 Å². The summed E-state index contributed by atoms with van der Waals surface area (Å²) in [5.74, 6) is -0.945. The zero-order valence-electron chi connectivity index (χ0n) is 16.6. The Bertz CT molecular complexity index is 591. The molecular weight excluding hydrogens is 326 g/mol. The van der Waals surface area contributed by atoms with Crippen molar-refractivity contribution in [3.8, 4) is 0 Å². The summed E-state index contributed by atoms with van der Waals surface area (Å²) in [5.41, 5.74) is -1.74. The predicted molar refractivity (Wildman–Crippen MR) is 84.4 cm³/mol. The minimum absolute atomic E-state index is 0.675. The van der Waals surface area contributed by atoms with Crippen LogP contribution in [0.3, 0.4) is 0 Å². The number of alkyl carbamates (subject to hydrolysis) is 1. The first kappa shape index (κ1) is 18.0. The second-order valence-corrected chi connectivity index (χ2v) is 8.44. The summed E-state index contributed by atoms with van der Waals surface area (Å²) < 4.78 is 52.0. The molecule has 0 aliphatic heterocycles. The molecule has 1 N–H and O–H groups in total. The first-order valence-electron chi connectivity index (χ1n) is 7.93. The third-order valence-corrected chi connectivity index (χ3v) is 2.30. The fourth-order valence-electron chi connectivity index (χ4n) is 1.24. The van der Waals surface area contributed by atoms with Crippen molar-refractivity contribution < 1.29 is 34.4 Å². The third kappa shape index (κ3) is 12.8. The number of esters is 1. The van der Waals surface area contributed by atoms with Gasteiger partial charge < -0.3 is 14.8 Å². The Morgan fingerprint density at radius 2 is 1.57 bits per heavy atom. The average Bonchev–Trinajstić information content (AvgIpc) is 2.18. The maximum atomic E-state index is 12.2. The maximum Gasteiger partial charge on any atom is 0.408 e. The van der Waals surface area contributed by atoms with Crippen LogP contribution < -0.4 is 5.32 Å². The standard InChI is InChI=1S/C14H27NO7S/c1-13(2,3)21-11(16)10(8-9-20-23(7,18)19)15-12(17)22-14(4,5)6/h10H,8-9H2,1-7H3,(H,15,17)/t10-/m0/s1/i9T2. The molecule has 0 aliphatic carbocycles. The van der Waals surface area contributed by atoms with Gasteiger partial charge in [-0.15, -0.1) is 0 Å². The predicted octanol–water partition coefficient (Wildman–Crippen LogP) is 1.59. The molecule has 1 atom stereocenters. The quantitative estimate of drug-likeness (QED) is 0.568. The number of hydrogen-bond acceptors (Lipinski definition) is 7. The van der Waals surface area contributed by atoms with Crippen molar-refractivity contribution in [2.75, 3.05) is 12.8 Å². The molecule has 0 fully saturated rings. The van der Waals surface area contributed by atoms with Crippen LogP contribution in [0.1, 0.15) is 50.7 Å². The number of carbonyl (C=O) groups excluding carboxylic acids is 2. The first-order valence-corrected chi connectivity index (χ1v) is 8.74. The van der Waals surface area contributed by atoms with E-state index < -0.39 is 52.4 Å². The Balaban J connectivity index is 5.32. The highest BCUT2D eigenvalue weighted by Gasteiger charge is 2.28. The number of amides is 1. The molecule has 23 heavy (non-hydrogen) atoms. The molecule has 0 saturated heterocycles. The van der Waals surface area contributed by atoms with Gasteiger partial charge in [0.2, 0.25) is 0 Å². The number of nitrogens with one attached hydrogen (secondary N) is 1. The lowest BCUT2D eigenvalue weighted by atomic mass is 10.1. The Morgan fingerprint density at radius 3 is 1.96 bits per heavy atom. The van der Waals surface area contributed by atoms with Crippen molar-refractivity contribution in [3.05, 3.63) is 0 Å². The summed E-state index contributed by atoms with van der Waals surface area (Å²) >= 11 is 0. The molecule has 0 rings (SSSR count). The van der Waals surface area contributed by atoms with Crippen LogP contribution >= 0.6 is 0 Å². The van der Waals surface area contributed by atoms with Gasteiger partial charge in [-0.3, -0.25) is 4.18 Å². The van der Waals surface area contributed by atoms with Crippen LogP contribution in [0.2, 0.25) is 0 Å². The molecule has 0 aromatic heterocycles. The zero-order chi connectivity index (χ0) is 20.3. The van der Waals surface area contributed by atoms with Crippen molar-refractivity contribution in [1.29, 1.82) is 0 Å². The fourth-order valence-corrected chi connectivity index (χ4v) is 1.52. The first-order chi connectivity index (χ1) is 10.8. The topological polar surface area (TPSA) is 108 Å². The van der Waals surface area contributed by atoms with Gasteiger partial charge in [0, 0.05) is 6.42 Å². The minimum Gasteiger partial charge on any atom is -0.458 e. The van der Waals surface area contributed by atoms with Crippen LogP contribution in [-0.2, 0) is 28.6 Å². The monoisotopic (exact) mass is 357 g/mol. The van der Waals surface area contributed by atoms with Crippen LogP contribution in [0.15, 0.2) is 0 Å². The zero-order valence-corrected chi connectivity index (χ0v) is 15.4.